The van der Waals surface area contributed by atoms with Crippen molar-refractivity contribution in [2.24, 2.45) is 0 Å². The van der Waals surface area contributed by atoms with E-state index in [1.807, 2.05) is 0 Å². The first-order valence-corrected chi connectivity index (χ1v) is 10.5. The van der Waals surface area contributed by atoms with Gasteiger partial charge in [0.2, 0.25) is 0 Å². The Labute approximate surface area is 205 Å². The van der Waals surface area contributed by atoms with E-state index in [1.165, 1.54) is 31.7 Å². The highest BCUT2D eigenvalue weighted by atomic mass is 35.5. The molecule has 0 saturated heterocycles. The summed E-state index contributed by atoms with van der Waals surface area (Å²) in [5.41, 5.74) is 4.41. The number of aliphatic hydroxyl groups is 1. The molecule has 4 rings (SSSR count). The lowest BCUT2D eigenvalue weighted by Crippen LogP contribution is -2.17. The van der Waals surface area contributed by atoms with Crippen LogP contribution in [0.2, 0.25) is 5.02 Å². The number of carbonyl (C=O) groups excluding carboxylic acids is 1. The zero-order chi connectivity index (χ0) is 26.2. The zero-order valence-electron chi connectivity index (χ0n) is 18.3. The smallest absolute Gasteiger partial charge is 0.397 e. The molecule has 0 aliphatic heterocycles. The summed E-state index contributed by atoms with van der Waals surface area (Å²) in [7, 11) is 0. The molecule has 0 radical (unpaired) electrons. The summed E-state index contributed by atoms with van der Waals surface area (Å²) in [6, 6.07) is 2.60. The van der Waals surface area contributed by atoms with Gasteiger partial charge in [-0.2, -0.15) is 23.4 Å². The van der Waals surface area contributed by atoms with Crippen LogP contribution in [-0.2, 0) is 6.18 Å². The van der Waals surface area contributed by atoms with E-state index in [1.54, 1.807) is 0 Å². The monoisotopic (exact) mass is 521 g/mol. The van der Waals surface area contributed by atoms with Gasteiger partial charge < -0.3 is 16.2 Å². The Morgan fingerprint density at radius 1 is 1.17 bits per heavy atom. The number of nitrogen functional groups attached to an aromatic ring is 1. The summed E-state index contributed by atoms with van der Waals surface area (Å²) in [6.07, 6.45) is 0.0435. The minimum atomic E-state index is -4.84. The minimum absolute atomic E-state index is 0.0677. The van der Waals surface area contributed by atoms with Crippen molar-refractivity contribution in [1.82, 2.24) is 25.0 Å². The Balaban J connectivity index is 1.69. The molecule has 0 saturated carbocycles. The topological polar surface area (TPSA) is 132 Å². The number of anilines is 2. The number of aliphatic hydroxyl groups excluding tert-OH is 1. The molecule has 0 aliphatic rings. The van der Waals surface area contributed by atoms with E-state index in [9.17, 15) is 23.1 Å². The lowest BCUT2D eigenvalue weighted by Gasteiger charge is -2.16. The van der Waals surface area contributed by atoms with E-state index in [-0.39, 0.29) is 38.7 Å². The third-order valence-electron chi connectivity index (χ3n) is 5.06. The molecule has 14 heteroatoms. The van der Waals surface area contributed by atoms with Crippen molar-refractivity contribution in [3.63, 3.8) is 0 Å². The Bertz CT molecular complexity index is 1440. The van der Waals surface area contributed by atoms with Gasteiger partial charge in [0, 0.05) is 22.9 Å². The van der Waals surface area contributed by atoms with Crippen molar-refractivity contribution in [2.45, 2.75) is 19.2 Å². The van der Waals surface area contributed by atoms with Crippen molar-refractivity contribution in [3.8, 4) is 16.9 Å². The molecule has 4 N–H and O–H groups in total. The molecule has 3 heterocycles. The van der Waals surface area contributed by atoms with Gasteiger partial charge >= 0.3 is 6.18 Å². The highest BCUT2D eigenvalue weighted by molar-refractivity contribution is 6.34. The van der Waals surface area contributed by atoms with Crippen LogP contribution in [0.25, 0.3) is 16.9 Å². The quantitative estimate of drug-likeness (QED) is 0.331. The molecule has 3 aromatic heterocycles. The molecule has 36 heavy (non-hydrogen) atoms. The third-order valence-corrected chi connectivity index (χ3v) is 5.38. The average Bonchev–Trinajstić information content (AvgIpc) is 3.34. The van der Waals surface area contributed by atoms with Gasteiger partial charge in [0.1, 0.15) is 11.4 Å². The normalized spacial score (nSPS) is 12.4. The van der Waals surface area contributed by atoms with E-state index in [0.717, 1.165) is 18.3 Å². The van der Waals surface area contributed by atoms with Gasteiger partial charge in [-0.05, 0) is 25.1 Å². The van der Waals surface area contributed by atoms with Crippen LogP contribution in [0, 0.1) is 5.82 Å². The number of benzene rings is 1. The summed E-state index contributed by atoms with van der Waals surface area (Å²) in [6.45, 7) is 1.44. The first kappa shape index (κ1) is 25.0. The van der Waals surface area contributed by atoms with Crippen LogP contribution >= 0.6 is 11.6 Å². The van der Waals surface area contributed by atoms with Crippen molar-refractivity contribution in [2.75, 3.05) is 11.1 Å². The van der Waals surface area contributed by atoms with E-state index in [2.05, 4.69) is 25.5 Å². The van der Waals surface area contributed by atoms with Crippen LogP contribution in [0.5, 0.6) is 0 Å². The molecule has 9 nitrogen and oxygen atoms in total. The van der Waals surface area contributed by atoms with Crippen molar-refractivity contribution >= 4 is 28.9 Å². The van der Waals surface area contributed by atoms with Gasteiger partial charge in [-0.25, -0.2) is 9.37 Å². The summed E-state index contributed by atoms with van der Waals surface area (Å²) in [5.74, 6) is -2.48. The van der Waals surface area contributed by atoms with Gasteiger partial charge in [-0.1, -0.05) is 11.6 Å². The lowest BCUT2D eigenvalue weighted by molar-refractivity contribution is -0.137. The van der Waals surface area contributed by atoms with Crippen LogP contribution in [0.1, 0.15) is 34.5 Å². The molecule has 4 aromatic rings. The second-order valence-corrected chi connectivity index (χ2v) is 7.95. The standard InChI is InChI=1S/C22H16ClF4N7O2/c1-10(35)14-8-29-9-18(28)19(14)13-5-16(23)12(6-17(13)24)21(36)33-11-4-15(22(25,26)27)20(30-7-11)34-31-2-3-32-34/h2-10,35H,28H2,1H3,(H,33,36). The fourth-order valence-electron chi connectivity index (χ4n) is 3.45. The lowest BCUT2D eigenvalue weighted by atomic mass is 9.95. The van der Waals surface area contributed by atoms with E-state index in [4.69, 9.17) is 17.3 Å². The molecule has 186 valence electrons. The van der Waals surface area contributed by atoms with Crippen molar-refractivity contribution < 1.29 is 27.5 Å². The number of nitrogens with zero attached hydrogens (tertiary/aromatic N) is 5. The minimum Gasteiger partial charge on any atom is -0.397 e. The predicted molar refractivity (Wildman–Crippen MR) is 122 cm³/mol. The third kappa shape index (κ3) is 4.83. The fraction of sp³-hybridized carbons (Fsp3) is 0.136. The van der Waals surface area contributed by atoms with Crippen LogP contribution in [0.15, 0.2) is 49.2 Å². The van der Waals surface area contributed by atoms with Crippen molar-refractivity contribution in [1.29, 1.82) is 0 Å². The molecule has 1 amide bonds. The number of hydrogen-bond acceptors (Lipinski definition) is 7. The summed E-state index contributed by atoms with van der Waals surface area (Å²) < 4.78 is 55.9. The summed E-state index contributed by atoms with van der Waals surface area (Å²) in [4.78, 5) is 21.1. The maximum atomic E-state index is 15.1. The zero-order valence-corrected chi connectivity index (χ0v) is 19.0. The molecular weight excluding hydrogens is 506 g/mol. The first-order valence-electron chi connectivity index (χ1n) is 10.1. The number of nitrogens with one attached hydrogen (secondary N) is 1. The highest BCUT2D eigenvalue weighted by Crippen LogP contribution is 2.37. The number of pyridine rings is 2. The Hall–Kier alpha value is -4.10. The number of aromatic nitrogens is 5. The number of amides is 1. The fourth-order valence-corrected chi connectivity index (χ4v) is 3.70. The highest BCUT2D eigenvalue weighted by Gasteiger charge is 2.36. The number of carbonyl (C=O) groups is 1. The van der Waals surface area contributed by atoms with Crippen molar-refractivity contribution in [3.05, 3.63) is 76.7 Å². The predicted octanol–water partition coefficient (Wildman–Crippen LogP) is 4.42. The molecular formula is C22H16ClF4N7O2. The van der Waals surface area contributed by atoms with E-state index in [0.29, 0.717) is 10.9 Å². The van der Waals surface area contributed by atoms with Crippen LogP contribution in [0.4, 0.5) is 28.9 Å². The number of alkyl halides is 3. The molecule has 0 aliphatic carbocycles. The second kappa shape index (κ2) is 9.51. The molecule has 1 aromatic carbocycles. The molecule has 1 atom stereocenters. The number of halogens is 5. The van der Waals surface area contributed by atoms with E-state index >= 15 is 4.39 Å². The van der Waals surface area contributed by atoms with Gasteiger partial charge in [0.15, 0.2) is 5.82 Å². The molecule has 0 fully saturated rings. The molecule has 0 bridgehead atoms. The Morgan fingerprint density at radius 3 is 2.50 bits per heavy atom. The van der Waals surface area contributed by atoms with Gasteiger partial charge in [0.05, 0.1) is 52.9 Å². The van der Waals surface area contributed by atoms with Gasteiger partial charge in [-0.15, -0.1) is 4.80 Å². The van der Waals surface area contributed by atoms with Crippen LogP contribution in [0.3, 0.4) is 0 Å². The van der Waals surface area contributed by atoms with Crippen LogP contribution < -0.4 is 11.1 Å². The molecule has 0 spiro atoms. The largest absolute Gasteiger partial charge is 0.420 e. The average molecular weight is 522 g/mol. The molecule has 1 unspecified atom stereocenters. The second-order valence-electron chi connectivity index (χ2n) is 7.55. The maximum absolute atomic E-state index is 15.1. The van der Waals surface area contributed by atoms with Crippen LogP contribution in [-0.4, -0.2) is 36.0 Å². The number of nitrogens with two attached hydrogens (primary N) is 1. The summed E-state index contributed by atoms with van der Waals surface area (Å²) >= 11 is 6.23. The summed E-state index contributed by atoms with van der Waals surface area (Å²) in [5, 5.41) is 19.3. The SMILES string of the molecule is CC(O)c1cncc(N)c1-c1cc(Cl)c(C(=O)Nc2cnc(-n3nccn3)c(C(F)(F)F)c2)cc1F. The van der Waals surface area contributed by atoms with E-state index < -0.39 is 35.4 Å². The number of hydrogen-bond donors (Lipinski definition) is 3. The van der Waals surface area contributed by atoms with Gasteiger partial charge in [0.25, 0.3) is 5.91 Å². The Morgan fingerprint density at radius 2 is 1.86 bits per heavy atom. The number of rotatable bonds is 5. The van der Waals surface area contributed by atoms with Gasteiger partial charge in [-0.3, -0.25) is 9.78 Å². The maximum Gasteiger partial charge on any atom is 0.420 e. The Kier molecular flexibility index (Phi) is 6.61. The first-order chi connectivity index (χ1) is 17.0.